The standard InChI is InChI=1S/C16H13N3O6S/c1-25-16(22)12(9-13(20)14-3-2-8-26-14)17-18-15(21)10-4-6-11(7-5-10)19(23)24/h2-8H,9H2,1H3,(H,18,21). The van der Waals surface area contributed by atoms with Gasteiger partial charge in [-0.1, -0.05) is 6.07 Å². The van der Waals surface area contributed by atoms with Crippen LogP contribution in [0.15, 0.2) is 46.9 Å². The number of non-ortho nitro benzene ring substituents is 1. The van der Waals surface area contributed by atoms with E-state index in [9.17, 15) is 24.5 Å². The average molecular weight is 375 g/mol. The van der Waals surface area contributed by atoms with Crippen LogP contribution < -0.4 is 5.43 Å². The quantitative estimate of drug-likeness (QED) is 0.260. The van der Waals surface area contributed by atoms with E-state index in [-0.39, 0.29) is 29.2 Å². The number of esters is 1. The van der Waals surface area contributed by atoms with Crippen molar-refractivity contribution in [2.75, 3.05) is 7.11 Å². The summed E-state index contributed by atoms with van der Waals surface area (Å²) in [5.74, 6) is -1.88. The second-order valence-corrected chi connectivity index (χ2v) is 5.82. The first kappa shape index (κ1) is 18.9. The van der Waals surface area contributed by atoms with E-state index < -0.39 is 16.8 Å². The zero-order valence-corrected chi connectivity index (χ0v) is 14.3. The largest absolute Gasteiger partial charge is 0.464 e. The summed E-state index contributed by atoms with van der Waals surface area (Å²) < 4.78 is 4.57. The number of carbonyl (C=O) groups is 3. The first-order chi connectivity index (χ1) is 12.4. The summed E-state index contributed by atoms with van der Waals surface area (Å²) in [6.45, 7) is 0. The summed E-state index contributed by atoms with van der Waals surface area (Å²) in [6, 6.07) is 8.14. The van der Waals surface area contributed by atoms with Gasteiger partial charge in [-0.3, -0.25) is 19.7 Å². The summed E-state index contributed by atoms with van der Waals surface area (Å²) >= 11 is 1.22. The van der Waals surface area contributed by atoms with E-state index in [4.69, 9.17) is 0 Å². The molecule has 0 unspecified atom stereocenters. The summed E-state index contributed by atoms with van der Waals surface area (Å²) in [5.41, 5.74) is 1.82. The maximum Gasteiger partial charge on any atom is 0.354 e. The number of nitrogens with zero attached hydrogens (tertiary/aromatic N) is 2. The number of amides is 1. The average Bonchev–Trinajstić information content (AvgIpc) is 3.19. The number of methoxy groups -OCH3 is 1. The minimum atomic E-state index is -0.848. The Balaban J connectivity index is 2.11. The molecule has 0 aliphatic rings. The second-order valence-electron chi connectivity index (χ2n) is 4.87. The van der Waals surface area contributed by atoms with Gasteiger partial charge in [0, 0.05) is 17.7 Å². The Kier molecular flexibility index (Phi) is 6.28. The minimum Gasteiger partial charge on any atom is -0.464 e. The molecule has 0 bridgehead atoms. The Hall–Kier alpha value is -3.40. The number of thiophene rings is 1. The van der Waals surface area contributed by atoms with E-state index in [1.165, 1.54) is 35.6 Å². The van der Waals surface area contributed by atoms with Crippen molar-refractivity contribution in [2.24, 2.45) is 5.10 Å². The lowest BCUT2D eigenvalue weighted by Gasteiger charge is -2.05. The predicted molar refractivity (Wildman–Crippen MR) is 93.3 cm³/mol. The highest BCUT2D eigenvalue weighted by Gasteiger charge is 2.19. The monoisotopic (exact) mass is 375 g/mol. The van der Waals surface area contributed by atoms with E-state index in [1.54, 1.807) is 17.5 Å². The number of hydrogen-bond acceptors (Lipinski definition) is 8. The Morgan fingerprint density at radius 1 is 1.23 bits per heavy atom. The van der Waals surface area contributed by atoms with Gasteiger partial charge in [0.1, 0.15) is 0 Å². The molecule has 0 fully saturated rings. The number of rotatable bonds is 7. The van der Waals surface area contributed by atoms with Crippen molar-refractivity contribution >= 4 is 40.4 Å². The maximum absolute atomic E-state index is 12.1. The molecule has 0 saturated carbocycles. The number of Topliss-reactive ketones (excluding diaryl/α,β-unsaturated/α-hetero) is 1. The van der Waals surface area contributed by atoms with Crippen molar-refractivity contribution < 1.29 is 24.0 Å². The molecule has 0 radical (unpaired) electrons. The molecule has 0 spiro atoms. The highest BCUT2D eigenvalue weighted by atomic mass is 32.1. The molecule has 0 aliphatic heterocycles. The second kappa shape index (κ2) is 8.62. The topological polar surface area (TPSA) is 128 Å². The lowest BCUT2D eigenvalue weighted by molar-refractivity contribution is -0.384. The van der Waals surface area contributed by atoms with Crippen molar-refractivity contribution in [3.8, 4) is 0 Å². The fourth-order valence-corrected chi connectivity index (χ4v) is 2.53. The highest BCUT2D eigenvalue weighted by Crippen LogP contribution is 2.13. The van der Waals surface area contributed by atoms with Crippen LogP contribution in [0.1, 0.15) is 26.5 Å². The van der Waals surface area contributed by atoms with Crippen LogP contribution in [0.5, 0.6) is 0 Å². The van der Waals surface area contributed by atoms with Gasteiger partial charge >= 0.3 is 5.97 Å². The molecule has 2 aromatic rings. The minimum absolute atomic E-state index is 0.105. The molecule has 0 atom stereocenters. The number of nitro benzene ring substituents is 1. The van der Waals surface area contributed by atoms with Crippen LogP contribution in [0.2, 0.25) is 0 Å². The SMILES string of the molecule is COC(=O)C(CC(=O)c1cccs1)=NNC(=O)c1ccc([N+](=O)[O-])cc1. The van der Waals surface area contributed by atoms with Crippen LogP contribution in [0.4, 0.5) is 5.69 Å². The van der Waals surface area contributed by atoms with Gasteiger partial charge in [-0.05, 0) is 23.6 Å². The fourth-order valence-electron chi connectivity index (χ4n) is 1.87. The summed E-state index contributed by atoms with van der Waals surface area (Å²) in [7, 11) is 1.13. The molecule has 134 valence electrons. The van der Waals surface area contributed by atoms with E-state index in [1.807, 2.05) is 0 Å². The van der Waals surface area contributed by atoms with Gasteiger partial charge < -0.3 is 4.74 Å². The molecule has 1 aromatic carbocycles. The first-order valence-electron chi connectivity index (χ1n) is 7.18. The molecule has 10 heteroatoms. The van der Waals surface area contributed by atoms with Gasteiger partial charge in [0.15, 0.2) is 11.5 Å². The van der Waals surface area contributed by atoms with Crippen LogP contribution in [-0.2, 0) is 9.53 Å². The summed E-state index contributed by atoms with van der Waals surface area (Å²) in [6.07, 6.45) is -0.340. The Labute approximate surface area is 151 Å². The lowest BCUT2D eigenvalue weighted by atomic mass is 10.1. The number of nitrogens with one attached hydrogen (secondary N) is 1. The predicted octanol–water partition coefficient (Wildman–Crippen LogP) is 2.19. The number of hydrazone groups is 1. The molecule has 26 heavy (non-hydrogen) atoms. The van der Waals surface area contributed by atoms with Crippen molar-refractivity contribution in [3.05, 3.63) is 62.3 Å². The van der Waals surface area contributed by atoms with Crippen LogP contribution in [0.3, 0.4) is 0 Å². The van der Waals surface area contributed by atoms with Crippen molar-refractivity contribution in [3.63, 3.8) is 0 Å². The van der Waals surface area contributed by atoms with Crippen LogP contribution in [0.25, 0.3) is 0 Å². The Morgan fingerprint density at radius 3 is 2.46 bits per heavy atom. The first-order valence-corrected chi connectivity index (χ1v) is 8.06. The molecule has 1 aromatic heterocycles. The highest BCUT2D eigenvalue weighted by molar-refractivity contribution is 7.12. The van der Waals surface area contributed by atoms with Gasteiger partial charge in [-0.15, -0.1) is 11.3 Å². The third kappa shape index (κ3) is 4.80. The molecular formula is C16H13N3O6S. The zero-order chi connectivity index (χ0) is 19.1. The van der Waals surface area contributed by atoms with Gasteiger partial charge in [0.05, 0.1) is 23.3 Å². The molecule has 0 saturated heterocycles. The fraction of sp³-hybridized carbons (Fsp3) is 0.125. The number of hydrogen-bond donors (Lipinski definition) is 1. The van der Waals surface area contributed by atoms with Gasteiger partial charge in [-0.25, -0.2) is 10.2 Å². The molecule has 2 rings (SSSR count). The van der Waals surface area contributed by atoms with E-state index in [2.05, 4.69) is 15.3 Å². The molecule has 1 heterocycles. The molecule has 9 nitrogen and oxygen atoms in total. The molecule has 0 aliphatic carbocycles. The summed E-state index contributed by atoms with van der Waals surface area (Å²) in [4.78, 5) is 46.3. The number of carbonyl (C=O) groups excluding carboxylic acids is 3. The molecule has 1 N–H and O–H groups in total. The van der Waals surface area contributed by atoms with Crippen molar-refractivity contribution in [1.29, 1.82) is 0 Å². The lowest BCUT2D eigenvalue weighted by Crippen LogP contribution is -2.26. The Bertz CT molecular complexity index is 859. The molecule has 1 amide bonds. The van der Waals surface area contributed by atoms with Crippen molar-refractivity contribution in [1.82, 2.24) is 5.43 Å². The van der Waals surface area contributed by atoms with Crippen molar-refractivity contribution in [2.45, 2.75) is 6.42 Å². The van der Waals surface area contributed by atoms with Crippen LogP contribution >= 0.6 is 11.3 Å². The zero-order valence-electron chi connectivity index (χ0n) is 13.5. The Morgan fingerprint density at radius 2 is 1.92 bits per heavy atom. The number of ether oxygens (including phenoxy) is 1. The van der Waals surface area contributed by atoms with Crippen LogP contribution in [-0.4, -0.2) is 35.4 Å². The maximum atomic E-state index is 12.1. The number of ketones is 1. The van der Waals surface area contributed by atoms with Crippen LogP contribution in [0, 0.1) is 10.1 Å². The molecular weight excluding hydrogens is 362 g/mol. The third-order valence-electron chi connectivity index (χ3n) is 3.18. The number of benzene rings is 1. The summed E-state index contributed by atoms with van der Waals surface area (Å²) in [5, 5.41) is 16.0. The van der Waals surface area contributed by atoms with E-state index >= 15 is 0 Å². The normalized spacial score (nSPS) is 10.9. The van der Waals surface area contributed by atoms with E-state index in [0.29, 0.717) is 4.88 Å². The van der Waals surface area contributed by atoms with Gasteiger partial charge in [0.2, 0.25) is 0 Å². The third-order valence-corrected chi connectivity index (χ3v) is 4.09. The van der Waals surface area contributed by atoms with Gasteiger partial charge in [0.25, 0.3) is 11.6 Å². The smallest absolute Gasteiger partial charge is 0.354 e. The van der Waals surface area contributed by atoms with Gasteiger partial charge in [-0.2, -0.15) is 5.10 Å². The number of nitro groups is 1. The van der Waals surface area contributed by atoms with E-state index in [0.717, 1.165) is 7.11 Å².